The van der Waals surface area contributed by atoms with Crippen LogP contribution in [-0.4, -0.2) is 25.0 Å². The number of hydrogen-bond donors (Lipinski definition) is 1. The molecular weight excluding hydrogens is 384 g/mol. The van der Waals surface area contributed by atoms with Gasteiger partial charge in [-0.05, 0) is 55.1 Å². The van der Waals surface area contributed by atoms with Gasteiger partial charge in [-0.3, -0.25) is 9.59 Å². The van der Waals surface area contributed by atoms with Gasteiger partial charge in [-0.2, -0.15) is 0 Å². The highest BCUT2D eigenvalue weighted by molar-refractivity contribution is 7.12. The Hall–Kier alpha value is -3.12. The zero-order valence-corrected chi connectivity index (χ0v) is 17.5. The molecule has 0 aliphatic rings. The van der Waals surface area contributed by atoms with Gasteiger partial charge in [-0.25, -0.2) is 0 Å². The molecule has 0 fully saturated rings. The third kappa shape index (κ3) is 5.23. The van der Waals surface area contributed by atoms with Gasteiger partial charge in [-0.15, -0.1) is 11.3 Å². The SMILES string of the molecule is CC(C)Oc1ccc(CNC(=O)c2ccccc2N(C)C(=O)c2cccs2)cc1. The molecule has 0 spiro atoms. The number of thiophene rings is 1. The minimum Gasteiger partial charge on any atom is -0.491 e. The van der Waals surface area contributed by atoms with Gasteiger partial charge >= 0.3 is 0 Å². The summed E-state index contributed by atoms with van der Waals surface area (Å²) in [5.41, 5.74) is 2.00. The Morgan fingerprint density at radius 3 is 2.41 bits per heavy atom. The van der Waals surface area contributed by atoms with E-state index in [9.17, 15) is 9.59 Å². The Kier molecular flexibility index (Phi) is 6.67. The van der Waals surface area contributed by atoms with Crippen molar-refractivity contribution < 1.29 is 14.3 Å². The molecule has 3 rings (SSSR count). The largest absolute Gasteiger partial charge is 0.491 e. The molecule has 150 valence electrons. The van der Waals surface area contributed by atoms with Gasteiger partial charge in [0.1, 0.15) is 5.75 Å². The van der Waals surface area contributed by atoms with Crippen molar-refractivity contribution in [2.75, 3.05) is 11.9 Å². The number of amides is 2. The molecule has 1 aromatic heterocycles. The van der Waals surface area contributed by atoms with Gasteiger partial charge < -0.3 is 15.0 Å². The Morgan fingerprint density at radius 1 is 1.03 bits per heavy atom. The fourth-order valence-electron chi connectivity index (χ4n) is 2.87. The highest BCUT2D eigenvalue weighted by atomic mass is 32.1. The summed E-state index contributed by atoms with van der Waals surface area (Å²) in [7, 11) is 1.68. The highest BCUT2D eigenvalue weighted by Crippen LogP contribution is 2.23. The molecule has 29 heavy (non-hydrogen) atoms. The molecule has 0 atom stereocenters. The second-order valence-electron chi connectivity index (χ2n) is 6.85. The Bertz CT molecular complexity index is 966. The lowest BCUT2D eigenvalue weighted by Crippen LogP contribution is -2.30. The third-order valence-electron chi connectivity index (χ3n) is 4.29. The van der Waals surface area contributed by atoms with Gasteiger partial charge in [0, 0.05) is 13.6 Å². The number of anilines is 1. The summed E-state index contributed by atoms with van der Waals surface area (Å²) >= 11 is 1.38. The molecule has 2 amide bonds. The lowest BCUT2D eigenvalue weighted by molar-refractivity contribution is 0.0951. The fourth-order valence-corrected chi connectivity index (χ4v) is 3.57. The number of carbonyl (C=O) groups is 2. The topological polar surface area (TPSA) is 58.6 Å². The molecular formula is C23H24N2O3S. The number of nitrogens with zero attached hydrogens (tertiary/aromatic N) is 1. The van der Waals surface area contributed by atoms with Crippen LogP contribution in [0.5, 0.6) is 5.75 Å². The van der Waals surface area contributed by atoms with Crippen molar-refractivity contribution in [3.63, 3.8) is 0 Å². The van der Waals surface area contributed by atoms with Crippen molar-refractivity contribution in [1.82, 2.24) is 5.32 Å². The van der Waals surface area contributed by atoms with Crippen LogP contribution in [-0.2, 0) is 6.54 Å². The van der Waals surface area contributed by atoms with Crippen LogP contribution in [0.25, 0.3) is 0 Å². The number of rotatable bonds is 7. The predicted octanol–water partition coefficient (Wildman–Crippen LogP) is 4.74. The molecule has 3 aromatic rings. The summed E-state index contributed by atoms with van der Waals surface area (Å²) in [6.07, 6.45) is 0.117. The van der Waals surface area contributed by atoms with E-state index in [1.165, 1.54) is 16.2 Å². The molecule has 0 radical (unpaired) electrons. The predicted molar refractivity (Wildman–Crippen MR) is 117 cm³/mol. The number of benzene rings is 2. The van der Waals surface area contributed by atoms with Crippen LogP contribution in [0.4, 0.5) is 5.69 Å². The molecule has 0 aliphatic heterocycles. The number of hydrogen-bond acceptors (Lipinski definition) is 4. The molecule has 0 aliphatic carbocycles. The van der Waals surface area contributed by atoms with Crippen LogP contribution in [0.1, 0.15) is 39.4 Å². The number of ether oxygens (including phenoxy) is 1. The first-order valence-electron chi connectivity index (χ1n) is 9.40. The van der Waals surface area contributed by atoms with E-state index < -0.39 is 0 Å². The lowest BCUT2D eigenvalue weighted by Gasteiger charge is -2.20. The van der Waals surface area contributed by atoms with E-state index in [0.29, 0.717) is 22.7 Å². The zero-order valence-electron chi connectivity index (χ0n) is 16.7. The first-order chi connectivity index (χ1) is 14.0. The van der Waals surface area contributed by atoms with Gasteiger partial charge in [-0.1, -0.05) is 30.3 Å². The van der Waals surface area contributed by atoms with E-state index in [4.69, 9.17) is 4.74 Å². The summed E-state index contributed by atoms with van der Waals surface area (Å²) < 4.78 is 5.64. The highest BCUT2D eigenvalue weighted by Gasteiger charge is 2.20. The Balaban J connectivity index is 1.69. The Morgan fingerprint density at radius 2 is 1.76 bits per heavy atom. The maximum atomic E-state index is 12.8. The average molecular weight is 409 g/mol. The number of nitrogens with one attached hydrogen (secondary N) is 1. The minimum atomic E-state index is -0.228. The number of para-hydroxylation sites is 1. The first-order valence-corrected chi connectivity index (χ1v) is 10.3. The molecule has 6 heteroatoms. The molecule has 2 aromatic carbocycles. The summed E-state index contributed by atoms with van der Waals surface area (Å²) in [6, 6.07) is 18.4. The van der Waals surface area contributed by atoms with Crippen molar-refractivity contribution in [2.45, 2.75) is 26.5 Å². The van der Waals surface area contributed by atoms with E-state index >= 15 is 0 Å². The van der Waals surface area contributed by atoms with Crippen LogP contribution >= 0.6 is 11.3 Å². The summed E-state index contributed by atoms with van der Waals surface area (Å²) in [6.45, 7) is 4.34. The number of carbonyl (C=O) groups excluding carboxylic acids is 2. The summed E-state index contributed by atoms with van der Waals surface area (Å²) in [4.78, 5) is 27.6. The summed E-state index contributed by atoms with van der Waals surface area (Å²) in [5.74, 6) is 0.434. The Labute approximate surface area is 174 Å². The quantitative estimate of drug-likeness (QED) is 0.614. The lowest BCUT2D eigenvalue weighted by atomic mass is 10.1. The molecule has 1 heterocycles. The van der Waals surface area contributed by atoms with Crippen molar-refractivity contribution in [1.29, 1.82) is 0 Å². The average Bonchev–Trinajstić information content (AvgIpc) is 3.26. The van der Waals surface area contributed by atoms with Crippen LogP contribution in [0.3, 0.4) is 0 Å². The van der Waals surface area contributed by atoms with Crippen LogP contribution < -0.4 is 15.0 Å². The molecule has 5 nitrogen and oxygen atoms in total. The van der Waals surface area contributed by atoms with Crippen LogP contribution in [0, 0.1) is 0 Å². The molecule has 0 unspecified atom stereocenters. The van der Waals surface area contributed by atoms with Gasteiger partial charge in [0.15, 0.2) is 0 Å². The van der Waals surface area contributed by atoms with Crippen molar-refractivity contribution in [3.05, 3.63) is 82.0 Å². The fraction of sp³-hybridized carbons (Fsp3) is 0.217. The van der Waals surface area contributed by atoms with Crippen LogP contribution in [0.2, 0.25) is 0 Å². The van der Waals surface area contributed by atoms with Crippen molar-refractivity contribution >= 4 is 28.8 Å². The first kappa shape index (κ1) is 20.6. The van der Waals surface area contributed by atoms with Gasteiger partial charge in [0.2, 0.25) is 0 Å². The van der Waals surface area contributed by atoms with Crippen molar-refractivity contribution in [2.24, 2.45) is 0 Å². The summed E-state index contributed by atoms with van der Waals surface area (Å²) in [5, 5.41) is 4.79. The van der Waals surface area contributed by atoms with Gasteiger partial charge in [0.25, 0.3) is 11.8 Å². The van der Waals surface area contributed by atoms with E-state index in [0.717, 1.165) is 11.3 Å². The zero-order chi connectivity index (χ0) is 20.8. The third-order valence-corrected chi connectivity index (χ3v) is 5.15. The van der Waals surface area contributed by atoms with Gasteiger partial charge in [0.05, 0.1) is 22.2 Å². The van der Waals surface area contributed by atoms with E-state index in [2.05, 4.69) is 5.32 Å². The van der Waals surface area contributed by atoms with E-state index in [-0.39, 0.29) is 17.9 Å². The normalized spacial score (nSPS) is 10.6. The molecule has 0 bridgehead atoms. The molecule has 0 saturated carbocycles. The van der Waals surface area contributed by atoms with E-state index in [1.54, 1.807) is 31.3 Å². The monoisotopic (exact) mass is 408 g/mol. The minimum absolute atomic E-state index is 0.117. The maximum Gasteiger partial charge on any atom is 0.268 e. The maximum absolute atomic E-state index is 12.8. The standard InChI is InChI=1S/C23H24N2O3S/c1-16(2)28-18-12-10-17(11-13-18)15-24-22(26)19-7-4-5-8-20(19)25(3)23(27)21-9-6-14-29-21/h4-14,16H,15H2,1-3H3,(H,24,26). The van der Waals surface area contributed by atoms with Crippen LogP contribution in [0.15, 0.2) is 66.0 Å². The second-order valence-corrected chi connectivity index (χ2v) is 7.80. The second kappa shape index (κ2) is 9.39. The molecule has 1 N–H and O–H groups in total. The smallest absolute Gasteiger partial charge is 0.268 e. The van der Waals surface area contributed by atoms with E-state index in [1.807, 2.05) is 55.6 Å². The van der Waals surface area contributed by atoms with Crippen molar-refractivity contribution in [3.8, 4) is 5.75 Å². The molecule has 0 saturated heterocycles.